The summed E-state index contributed by atoms with van der Waals surface area (Å²) in [7, 11) is 0. The van der Waals surface area contributed by atoms with E-state index in [1.807, 2.05) is 44.2 Å². The number of aryl methyl sites for hydroxylation is 2. The van der Waals surface area contributed by atoms with Crippen molar-refractivity contribution < 1.29 is 13.6 Å². The molecule has 27 heavy (non-hydrogen) atoms. The van der Waals surface area contributed by atoms with Crippen molar-refractivity contribution in [3.05, 3.63) is 77.4 Å². The van der Waals surface area contributed by atoms with E-state index in [0.717, 1.165) is 17.1 Å². The van der Waals surface area contributed by atoms with Gasteiger partial charge in [-0.2, -0.15) is 9.67 Å². The van der Waals surface area contributed by atoms with E-state index in [9.17, 15) is 4.79 Å². The fraction of sp³-hybridized carbons (Fsp3) is 0.150. The third-order valence-electron chi connectivity index (χ3n) is 4.13. The molecule has 0 aliphatic carbocycles. The molecule has 0 spiro atoms. The van der Waals surface area contributed by atoms with Crippen LogP contribution in [0.5, 0.6) is 0 Å². The Morgan fingerprint density at radius 3 is 2.67 bits per heavy atom. The molecule has 7 nitrogen and oxygen atoms in total. The predicted octanol–water partition coefficient (Wildman–Crippen LogP) is 4.05. The molecule has 136 valence electrons. The highest BCUT2D eigenvalue weighted by Gasteiger charge is 2.21. The van der Waals surface area contributed by atoms with Crippen LogP contribution < -0.4 is 5.32 Å². The quantitative estimate of drug-likeness (QED) is 0.576. The van der Waals surface area contributed by atoms with Crippen LogP contribution in [-0.2, 0) is 6.54 Å². The van der Waals surface area contributed by atoms with Crippen LogP contribution in [0.3, 0.4) is 0 Å². The first-order chi connectivity index (χ1) is 13.1. The number of nitrogens with one attached hydrogen (secondary N) is 1. The smallest absolute Gasteiger partial charge is 0.281 e. The number of nitrogens with zero attached hydrogens (tertiary/aromatic N) is 3. The van der Waals surface area contributed by atoms with Crippen LogP contribution in [0.2, 0.25) is 0 Å². The molecule has 4 rings (SSSR count). The van der Waals surface area contributed by atoms with Crippen molar-refractivity contribution in [2.75, 3.05) is 5.32 Å². The number of furan rings is 2. The minimum Gasteiger partial charge on any atom is -0.465 e. The van der Waals surface area contributed by atoms with Gasteiger partial charge in [-0.1, -0.05) is 18.2 Å². The number of benzene rings is 1. The molecule has 0 fully saturated rings. The lowest BCUT2D eigenvalue weighted by atomic mass is 10.1. The van der Waals surface area contributed by atoms with Gasteiger partial charge in [0.05, 0.1) is 12.8 Å². The van der Waals surface area contributed by atoms with Gasteiger partial charge in [-0.3, -0.25) is 4.79 Å². The van der Waals surface area contributed by atoms with Crippen LogP contribution in [-0.4, -0.2) is 20.7 Å². The number of hydrogen-bond donors (Lipinski definition) is 1. The van der Waals surface area contributed by atoms with E-state index in [-0.39, 0.29) is 5.91 Å². The average Bonchev–Trinajstić information content (AvgIpc) is 3.40. The first kappa shape index (κ1) is 16.8. The van der Waals surface area contributed by atoms with Crippen LogP contribution >= 0.6 is 0 Å². The van der Waals surface area contributed by atoms with Crippen molar-refractivity contribution in [2.24, 2.45) is 0 Å². The highest BCUT2D eigenvalue weighted by Crippen LogP contribution is 2.21. The molecule has 1 aromatic carbocycles. The summed E-state index contributed by atoms with van der Waals surface area (Å²) in [5, 5.41) is 7.49. The molecule has 7 heteroatoms. The molecule has 0 saturated heterocycles. The zero-order valence-corrected chi connectivity index (χ0v) is 15.0. The summed E-state index contributed by atoms with van der Waals surface area (Å²) in [5.41, 5.74) is 1.43. The number of anilines is 1. The highest BCUT2D eigenvalue weighted by molar-refractivity contribution is 5.98. The third-order valence-corrected chi connectivity index (χ3v) is 4.13. The average molecular weight is 362 g/mol. The van der Waals surface area contributed by atoms with Crippen LogP contribution in [0.4, 0.5) is 5.95 Å². The summed E-state index contributed by atoms with van der Waals surface area (Å²) in [6.45, 7) is 4.14. The van der Waals surface area contributed by atoms with Crippen molar-refractivity contribution in [3.63, 3.8) is 0 Å². The van der Waals surface area contributed by atoms with Gasteiger partial charge in [0.1, 0.15) is 11.5 Å². The fourth-order valence-corrected chi connectivity index (χ4v) is 2.75. The van der Waals surface area contributed by atoms with Gasteiger partial charge in [0.25, 0.3) is 5.91 Å². The summed E-state index contributed by atoms with van der Waals surface area (Å²) in [4.78, 5) is 17.5. The maximum atomic E-state index is 13.1. The van der Waals surface area contributed by atoms with Crippen LogP contribution in [0.25, 0.3) is 11.6 Å². The number of hydrogen-bond acceptors (Lipinski definition) is 6. The van der Waals surface area contributed by atoms with Gasteiger partial charge in [0, 0.05) is 5.56 Å². The lowest BCUT2D eigenvalue weighted by Gasteiger charge is -2.07. The van der Waals surface area contributed by atoms with Crippen molar-refractivity contribution in [3.8, 4) is 11.6 Å². The maximum Gasteiger partial charge on any atom is 0.281 e. The molecular formula is C20H18N4O3. The largest absolute Gasteiger partial charge is 0.465 e. The van der Waals surface area contributed by atoms with Crippen molar-refractivity contribution in [1.82, 2.24) is 14.8 Å². The molecule has 4 aromatic rings. The van der Waals surface area contributed by atoms with Gasteiger partial charge in [0.15, 0.2) is 5.76 Å². The molecule has 0 amide bonds. The Balaban J connectivity index is 1.70. The summed E-state index contributed by atoms with van der Waals surface area (Å²) < 4.78 is 12.2. The number of aromatic nitrogens is 3. The first-order valence-electron chi connectivity index (χ1n) is 8.52. The Kier molecular flexibility index (Phi) is 4.33. The molecule has 0 radical (unpaired) electrons. The Morgan fingerprint density at radius 1 is 1.11 bits per heavy atom. The number of carbonyl (C=O) groups is 1. The second-order valence-electron chi connectivity index (χ2n) is 6.13. The minimum atomic E-state index is -0.267. The van der Waals surface area contributed by atoms with Gasteiger partial charge >= 0.3 is 0 Å². The molecular weight excluding hydrogens is 344 g/mol. The second kappa shape index (κ2) is 6.95. The molecule has 0 atom stereocenters. The minimum absolute atomic E-state index is 0.267. The monoisotopic (exact) mass is 362 g/mol. The number of rotatable bonds is 5. The van der Waals surface area contributed by atoms with E-state index in [1.165, 1.54) is 10.9 Å². The van der Waals surface area contributed by atoms with Crippen molar-refractivity contribution >= 4 is 11.9 Å². The van der Waals surface area contributed by atoms with E-state index in [4.69, 9.17) is 8.83 Å². The van der Waals surface area contributed by atoms with Crippen LogP contribution in [0.15, 0.2) is 63.6 Å². The van der Waals surface area contributed by atoms with Gasteiger partial charge in [-0.05, 0) is 49.7 Å². The van der Waals surface area contributed by atoms with Gasteiger partial charge in [0.2, 0.25) is 11.8 Å². The molecule has 3 heterocycles. The highest BCUT2D eigenvalue weighted by atomic mass is 16.3. The zero-order valence-electron chi connectivity index (χ0n) is 15.0. The Bertz CT molecular complexity index is 1080. The molecule has 0 saturated carbocycles. The lowest BCUT2D eigenvalue weighted by Crippen LogP contribution is -2.18. The molecule has 0 aliphatic rings. The topological polar surface area (TPSA) is 86.1 Å². The van der Waals surface area contributed by atoms with Crippen molar-refractivity contribution in [1.29, 1.82) is 0 Å². The van der Waals surface area contributed by atoms with Crippen LogP contribution in [0.1, 0.15) is 27.4 Å². The normalized spacial score (nSPS) is 10.9. The molecule has 1 N–H and O–H groups in total. The Hall–Kier alpha value is -3.61. The Labute approximate surface area is 155 Å². The third kappa shape index (κ3) is 3.39. The Morgan fingerprint density at radius 2 is 1.96 bits per heavy atom. The first-order valence-corrected chi connectivity index (χ1v) is 8.52. The fourth-order valence-electron chi connectivity index (χ4n) is 2.75. The van der Waals surface area contributed by atoms with Gasteiger partial charge in [-0.15, -0.1) is 5.10 Å². The van der Waals surface area contributed by atoms with Gasteiger partial charge in [-0.25, -0.2) is 0 Å². The predicted molar refractivity (Wildman–Crippen MR) is 99.4 cm³/mol. The van der Waals surface area contributed by atoms with Crippen molar-refractivity contribution in [2.45, 2.75) is 20.4 Å². The van der Waals surface area contributed by atoms with Gasteiger partial charge < -0.3 is 14.2 Å². The lowest BCUT2D eigenvalue weighted by molar-refractivity contribution is 0.0947. The van der Waals surface area contributed by atoms with E-state index in [0.29, 0.717) is 29.6 Å². The second-order valence-corrected chi connectivity index (χ2v) is 6.13. The summed E-state index contributed by atoms with van der Waals surface area (Å²) in [6, 6.07) is 14.6. The van der Waals surface area contributed by atoms with Crippen LogP contribution in [0, 0.1) is 13.8 Å². The molecule has 0 aliphatic heterocycles. The maximum absolute atomic E-state index is 13.1. The summed E-state index contributed by atoms with van der Waals surface area (Å²) in [5.74, 6) is 2.44. The zero-order chi connectivity index (χ0) is 18.8. The SMILES string of the molecule is Cc1ccc(CNc2nc(-c3ccco3)nn2C(=O)c2ccccc2C)o1. The van der Waals surface area contributed by atoms with E-state index in [2.05, 4.69) is 15.4 Å². The summed E-state index contributed by atoms with van der Waals surface area (Å²) >= 11 is 0. The van der Waals surface area contributed by atoms with E-state index in [1.54, 1.807) is 18.2 Å². The summed E-state index contributed by atoms with van der Waals surface area (Å²) in [6.07, 6.45) is 1.54. The standard InChI is InChI=1S/C20H18N4O3/c1-13-6-3-4-7-16(13)19(25)24-20(21-12-15-10-9-14(2)27-15)22-18(23-24)17-8-5-11-26-17/h3-11H,12H2,1-2H3,(H,21,22,23). The number of carbonyl (C=O) groups excluding carboxylic acids is 1. The van der Waals surface area contributed by atoms with E-state index >= 15 is 0 Å². The molecule has 0 unspecified atom stereocenters. The molecule has 3 aromatic heterocycles. The van der Waals surface area contributed by atoms with E-state index < -0.39 is 0 Å². The molecule has 0 bridgehead atoms.